The molecule has 0 bridgehead atoms. The summed E-state index contributed by atoms with van der Waals surface area (Å²) < 4.78 is 25.3. The van der Waals surface area contributed by atoms with Crippen LogP contribution in [0.3, 0.4) is 0 Å². The van der Waals surface area contributed by atoms with E-state index in [2.05, 4.69) is 12.2 Å². The summed E-state index contributed by atoms with van der Waals surface area (Å²) in [5.41, 5.74) is 0.537. The van der Waals surface area contributed by atoms with E-state index in [9.17, 15) is 18.0 Å². The number of sulfone groups is 1. The molecule has 8 heteroatoms. The molecule has 0 saturated carbocycles. The van der Waals surface area contributed by atoms with Crippen LogP contribution in [0, 0.1) is 5.92 Å². The summed E-state index contributed by atoms with van der Waals surface area (Å²) in [7, 11) is -3.58. The van der Waals surface area contributed by atoms with Crippen LogP contribution >= 0.6 is 11.8 Å². The van der Waals surface area contributed by atoms with Gasteiger partial charge in [0.25, 0.3) is 0 Å². The number of hydrogen-bond acceptors (Lipinski definition) is 5. The van der Waals surface area contributed by atoms with Gasteiger partial charge in [-0.15, -0.1) is 11.8 Å². The van der Waals surface area contributed by atoms with E-state index in [-0.39, 0.29) is 28.9 Å². The Kier molecular flexibility index (Phi) is 5.92. The van der Waals surface area contributed by atoms with Crippen molar-refractivity contribution in [3.63, 3.8) is 0 Å². The maximum atomic E-state index is 12.6. The second-order valence-corrected chi connectivity index (χ2v) is 10.2. The third-order valence-electron chi connectivity index (χ3n) is 4.89. The highest BCUT2D eigenvalue weighted by atomic mass is 32.2. The number of nitrogens with zero attached hydrogens (tertiary/aromatic N) is 1. The lowest BCUT2D eigenvalue weighted by Gasteiger charge is -2.30. The largest absolute Gasteiger partial charge is 0.343 e. The summed E-state index contributed by atoms with van der Waals surface area (Å²) in [6.45, 7) is 3.59. The fraction of sp³-hybridized carbons (Fsp3) is 0.556. The van der Waals surface area contributed by atoms with Gasteiger partial charge in [0.15, 0.2) is 9.84 Å². The van der Waals surface area contributed by atoms with Crippen LogP contribution in [0.25, 0.3) is 0 Å². The van der Waals surface area contributed by atoms with E-state index < -0.39 is 9.84 Å². The number of thioether (sulfide) groups is 1. The normalized spacial score (nSPS) is 18.8. The maximum Gasteiger partial charge on any atom is 0.225 e. The number of anilines is 1. The Hall–Kier alpha value is -1.54. The second kappa shape index (κ2) is 8.00. The Balaban J connectivity index is 1.66. The van der Waals surface area contributed by atoms with Crippen molar-refractivity contribution in [2.24, 2.45) is 5.92 Å². The number of benzene rings is 1. The van der Waals surface area contributed by atoms with Gasteiger partial charge >= 0.3 is 0 Å². The first-order valence-electron chi connectivity index (χ1n) is 8.92. The molecule has 2 amide bonds. The van der Waals surface area contributed by atoms with Crippen LogP contribution in [0.4, 0.5) is 5.69 Å². The van der Waals surface area contributed by atoms with Gasteiger partial charge in [-0.3, -0.25) is 9.59 Å². The van der Waals surface area contributed by atoms with E-state index >= 15 is 0 Å². The average molecular weight is 397 g/mol. The van der Waals surface area contributed by atoms with E-state index in [4.69, 9.17) is 0 Å². The minimum absolute atomic E-state index is 0.00505. The number of likely N-dealkylation sites (tertiary alicyclic amines) is 1. The molecule has 1 fully saturated rings. The molecule has 0 atom stereocenters. The van der Waals surface area contributed by atoms with Gasteiger partial charge in [0.1, 0.15) is 0 Å². The van der Waals surface area contributed by atoms with Crippen molar-refractivity contribution in [1.29, 1.82) is 0 Å². The summed E-state index contributed by atoms with van der Waals surface area (Å²) in [4.78, 5) is 26.8. The quantitative estimate of drug-likeness (QED) is 0.846. The van der Waals surface area contributed by atoms with Crippen LogP contribution in [0.15, 0.2) is 28.0 Å². The molecule has 142 valence electrons. The van der Waals surface area contributed by atoms with Gasteiger partial charge in [-0.1, -0.05) is 6.92 Å². The van der Waals surface area contributed by atoms with Crippen molar-refractivity contribution in [1.82, 2.24) is 4.90 Å². The van der Waals surface area contributed by atoms with Crippen molar-refractivity contribution in [3.05, 3.63) is 18.2 Å². The topological polar surface area (TPSA) is 83.6 Å². The molecule has 2 heterocycles. The van der Waals surface area contributed by atoms with Gasteiger partial charge in [0.2, 0.25) is 11.8 Å². The zero-order chi connectivity index (χ0) is 18.7. The number of carbonyl (C=O) groups is 2. The Labute approximate surface area is 158 Å². The smallest absolute Gasteiger partial charge is 0.225 e. The average Bonchev–Trinajstić information content (AvgIpc) is 2.80. The van der Waals surface area contributed by atoms with Crippen LogP contribution in [-0.4, -0.2) is 49.7 Å². The van der Waals surface area contributed by atoms with Crippen LogP contribution in [-0.2, 0) is 19.4 Å². The lowest BCUT2D eigenvalue weighted by Crippen LogP contribution is -2.38. The predicted molar refractivity (Wildman–Crippen MR) is 102 cm³/mol. The van der Waals surface area contributed by atoms with Crippen molar-refractivity contribution in [3.8, 4) is 0 Å². The highest BCUT2D eigenvalue weighted by Gasteiger charge is 2.24. The Morgan fingerprint density at radius 1 is 1.31 bits per heavy atom. The number of nitrogens with one attached hydrogen (secondary N) is 1. The second-order valence-electron chi connectivity index (χ2n) is 6.94. The van der Waals surface area contributed by atoms with E-state index in [1.807, 2.05) is 0 Å². The number of rotatable bonds is 4. The summed E-state index contributed by atoms with van der Waals surface area (Å²) in [6, 6.07) is 4.80. The van der Waals surface area contributed by atoms with Gasteiger partial charge in [0.05, 0.1) is 16.3 Å². The monoisotopic (exact) mass is 396 g/mol. The molecule has 0 radical (unpaired) electrons. The minimum Gasteiger partial charge on any atom is -0.343 e. The Bertz CT molecular complexity index is 799. The van der Waals surface area contributed by atoms with E-state index in [0.717, 1.165) is 17.7 Å². The number of piperidine rings is 1. The molecule has 1 N–H and O–H groups in total. The molecule has 26 heavy (non-hydrogen) atoms. The molecule has 0 aromatic heterocycles. The predicted octanol–water partition coefficient (Wildman–Crippen LogP) is 2.54. The van der Waals surface area contributed by atoms with E-state index in [1.54, 1.807) is 17.0 Å². The Morgan fingerprint density at radius 2 is 2.04 bits per heavy atom. The molecule has 3 rings (SSSR count). The standard InChI is InChI=1S/C18H24N2O4S2/c1-13-4-8-20(9-5-13)18(22)7-11-26(23,24)14-2-3-16-15(12-14)19-17(21)6-10-25-16/h2-3,12-13H,4-11H2,1H3,(H,19,21). The third-order valence-corrected chi connectivity index (χ3v) is 7.68. The van der Waals surface area contributed by atoms with Gasteiger partial charge in [-0.25, -0.2) is 8.42 Å². The molecule has 0 aliphatic carbocycles. The number of carbonyl (C=O) groups excluding carboxylic acids is 2. The van der Waals surface area contributed by atoms with Crippen molar-refractivity contribution >= 4 is 39.1 Å². The van der Waals surface area contributed by atoms with Crippen molar-refractivity contribution < 1.29 is 18.0 Å². The zero-order valence-electron chi connectivity index (χ0n) is 14.9. The summed E-state index contributed by atoms with van der Waals surface area (Å²) in [5.74, 6) is 0.876. The Morgan fingerprint density at radius 3 is 2.77 bits per heavy atom. The number of amides is 2. The first-order chi connectivity index (χ1) is 12.3. The van der Waals surface area contributed by atoms with Crippen molar-refractivity contribution in [2.45, 2.75) is 42.4 Å². The van der Waals surface area contributed by atoms with Gasteiger partial charge in [-0.05, 0) is 37.0 Å². The van der Waals surface area contributed by atoms with Gasteiger partial charge < -0.3 is 10.2 Å². The molecule has 2 aliphatic heterocycles. The van der Waals surface area contributed by atoms with Crippen LogP contribution in [0.2, 0.25) is 0 Å². The highest BCUT2D eigenvalue weighted by molar-refractivity contribution is 7.99. The summed E-state index contributed by atoms with van der Waals surface area (Å²) in [6.07, 6.45) is 2.35. The molecule has 1 aromatic rings. The summed E-state index contributed by atoms with van der Waals surface area (Å²) >= 11 is 1.53. The van der Waals surface area contributed by atoms with Crippen LogP contribution < -0.4 is 5.32 Å². The molecule has 6 nitrogen and oxygen atoms in total. The number of hydrogen-bond donors (Lipinski definition) is 1. The third kappa shape index (κ3) is 4.59. The van der Waals surface area contributed by atoms with Gasteiger partial charge in [-0.2, -0.15) is 0 Å². The molecule has 1 aromatic carbocycles. The lowest BCUT2D eigenvalue weighted by molar-refractivity contribution is -0.132. The van der Waals surface area contributed by atoms with E-state index in [0.29, 0.717) is 36.9 Å². The molecule has 2 aliphatic rings. The van der Waals surface area contributed by atoms with Crippen molar-refractivity contribution in [2.75, 3.05) is 29.9 Å². The van der Waals surface area contributed by atoms with Gasteiger partial charge in [0, 0.05) is 36.6 Å². The summed E-state index contributed by atoms with van der Waals surface area (Å²) in [5, 5.41) is 2.76. The maximum absolute atomic E-state index is 12.6. The minimum atomic E-state index is -3.58. The molecular formula is C18H24N2O4S2. The fourth-order valence-corrected chi connectivity index (χ4v) is 5.34. The van der Waals surface area contributed by atoms with Crippen LogP contribution in [0.5, 0.6) is 0 Å². The fourth-order valence-electron chi connectivity index (χ4n) is 3.15. The van der Waals surface area contributed by atoms with E-state index in [1.165, 1.54) is 17.8 Å². The molecule has 0 spiro atoms. The first kappa shape index (κ1) is 19.2. The SMILES string of the molecule is CC1CCN(C(=O)CCS(=O)(=O)c2ccc3c(c2)NC(=O)CCS3)CC1. The molecule has 0 unspecified atom stereocenters. The molecule has 1 saturated heterocycles. The zero-order valence-corrected chi connectivity index (χ0v) is 16.5. The molecular weight excluding hydrogens is 372 g/mol. The number of fused-ring (bicyclic) bond motifs is 1. The first-order valence-corrected chi connectivity index (χ1v) is 11.6. The van der Waals surface area contributed by atoms with Crippen LogP contribution in [0.1, 0.15) is 32.6 Å². The highest BCUT2D eigenvalue weighted by Crippen LogP contribution is 2.33. The lowest BCUT2D eigenvalue weighted by atomic mass is 9.99.